The molecule has 0 radical (unpaired) electrons. The van der Waals surface area contributed by atoms with Gasteiger partial charge in [-0.1, -0.05) is 0 Å². The molecule has 1 aromatic rings. The highest BCUT2D eigenvalue weighted by Gasteiger charge is 2.28. The minimum absolute atomic E-state index is 0.712. The molecule has 0 N–H and O–H groups in total. The quantitative estimate of drug-likeness (QED) is 0.781. The van der Waals surface area contributed by atoms with Crippen LogP contribution in [0.3, 0.4) is 0 Å². The molecule has 1 fully saturated rings. The molecule has 0 bridgehead atoms. The molecule has 15 heavy (non-hydrogen) atoms. The van der Waals surface area contributed by atoms with E-state index in [1.54, 1.807) is 0 Å². The molecule has 0 aromatic heterocycles. The third-order valence-corrected chi connectivity index (χ3v) is 3.46. The van der Waals surface area contributed by atoms with Crippen molar-refractivity contribution in [1.82, 2.24) is 0 Å². The fourth-order valence-corrected chi connectivity index (χ4v) is 2.29. The third kappa shape index (κ3) is 2.23. The Bertz CT molecular complexity index is 374. The van der Waals surface area contributed by atoms with E-state index in [2.05, 4.69) is 27.8 Å². The summed E-state index contributed by atoms with van der Waals surface area (Å²) in [6, 6.07) is 6.64. The summed E-state index contributed by atoms with van der Waals surface area (Å²) < 4.78 is 0.883. The van der Waals surface area contributed by atoms with E-state index >= 15 is 0 Å². The molecule has 80 valence electrons. The minimum Gasteiger partial charge on any atom is -0.369 e. The van der Waals surface area contributed by atoms with Crippen LogP contribution in [0.2, 0.25) is 0 Å². The second-order valence-electron chi connectivity index (χ2n) is 3.84. The van der Waals surface area contributed by atoms with Crippen LogP contribution in [-0.2, 0) is 0 Å². The number of rotatable bonds is 4. The van der Waals surface area contributed by atoms with Gasteiger partial charge in [-0.3, -0.25) is 4.79 Å². The molecule has 0 aliphatic heterocycles. The van der Waals surface area contributed by atoms with E-state index in [4.69, 9.17) is 0 Å². The lowest BCUT2D eigenvalue weighted by molar-refractivity contribution is 0.112. The molecular weight excluding hydrogens is 254 g/mol. The zero-order valence-corrected chi connectivity index (χ0v) is 10.3. The number of carbonyl (C=O) groups excluding carboxylic acids is 1. The highest BCUT2D eigenvalue weighted by atomic mass is 79.9. The van der Waals surface area contributed by atoms with Crippen LogP contribution in [0.5, 0.6) is 0 Å². The molecule has 1 aliphatic carbocycles. The topological polar surface area (TPSA) is 20.3 Å². The molecule has 0 saturated heterocycles. The number of anilines is 1. The average molecular weight is 268 g/mol. The normalized spacial score (nSPS) is 15.1. The third-order valence-electron chi connectivity index (χ3n) is 2.77. The Morgan fingerprint density at radius 3 is 2.73 bits per heavy atom. The van der Waals surface area contributed by atoms with E-state index in [1.165, 1.54) is 18.5 Å². The summed E-state index contributed by atoms with van der Waals surface area (Å²) in [6.07, 6.45) is 3.46. The maximum absolute atomic E-state index is 10.7. The van der Waals surface area contributed by atoms with Gasteiger partial charge >= 0.3 is 0 Å². The fourth-order valence-electron chi connectivity index (χ4n) is 1.83. The Hall–Kier alpha value is -0.830. The number of hydrogen-bond donors (Lipinski definition) is 0. The number of nitrogens with zero attached hydrogens (tertiary/aromatic N) is 1. The Labute approximate surface area is 98.4 Å². The van der Waals surface area contributed by atoms with Crippen LogP contribution >= 0.6 is 15.9 Å². The van der Waals surface area contributed by atoms with Crippen molar-refractivity contribution in [2.24, 2.45) is 0 Å². The molecule has 0 heterocycles. The molecule has 3 heteroatoms. The Morgan fingerprint density at radius 2 is 2.27 bits per heavy atom. The van der Waals surface area contributed by atoms with Gasteiger partial charge in [-0.05, 0) is 53.9 Å². The number of hydrogen-bond acceptors (Lipinski definition) is 2. The van der Waals surface area contributed by atoms with Crippen LogP contribution < -0.4 is 4.90 Å². The molecule has 1 saturated carbocycles. The molecule has 1 aromatic carbocycles. The van der Waals surface area contributed by atoms with E-state index in [0.717, 1.165) is 17.3 Å². The summed E-state index contributed by atoms with van der Waals surface area (Å²) in [5, 5.41) is 0. The Balaban J connectivity index is 2.27. The molecule has 0 unspecified atom stereocenters. The van der Waals surface area contributed by atoms with Crippen molar-refractivity contribution in [3.63, 3.8) is 0 Å². The van der Waals surface area contributed by atoms with Crippen molar-refractivity contribution in [1.29, 1.82) is 0 Å². The van der Waals surface area contributed by atoms with E-state index in [9.17, 15) is 4.79 Å². The van der Waals surface area contributed by atoms with Crippen LogP contribution in [-0.4, -0.2) is 18.9 Å². The van der Waals surface area contributed by atoms with Gasteiger partial charge in [0.2, 0.25) is 0 Å². The number of halogens is 1. The maximum atomic E-state index is 10.7. The van der Waals surface area contributed by atoms with Crippen molar-refractivity contribution in [2.45, 2.75) is 25.8 Å². The average Bonchev–Trinajstić information content (AvgIpc) is 3.03. The van der Waals surface area contributed by atoms with Crippen LogP contribution in [0.4, 0.5) is 5.69 Å². The molecular formula is C12H14BrNO. The van der Waals surface area contributed by atoms with Crippen molar-refractivity contribution >= 4 is 27.9 Å². The van der Waals surface area contributed by atoms with Gasteiger partial charge in [0.05, 0.1) is 0 Å². The van der Waals surface area contributed by atoms with Crippen LogP contribution in [0, 0.1) is 0 Å². The van der Waals surface area contributed by atoms with Crippen LogP contribution in [0.15, 0.2) is 22.7 Å². The predicted octanol–water partition coefficient (Wildman–Crippen LogP) is 3.25. The van der Waals surface area contributed by atoms with Crippen molar-refractivity contribution in [2.75, 3.05) is 11.4 Å². The fraction of sp³-hybridized carbons (Fsp3) is 0.417. The van der Waals surface area contributed by atoms with Gasteiger partial charge in [0, 0.05) is 28.3 Å². The molecule has 2 rings (SSSR count). The largest absolute Gasteiger partial charge is 0.369 e. The zero-order chi connectivity index (χ0) is 10.8. The Kier molecular flexibility index (Phi) is 3.10. The lowest BCUT2D eigenvalue weighted by atomic mass is 10.2. The summed E-state index contributed by atoms with van der Waals surface area (Å²) >= 11 is 3.42. The van der Waals surface area contributed by atoms with Crippen molar-refractivity contribution in [3.05, 3.63) is 28.2 Å². The van der Waals surface area contributed by atoms with Crippen molar-refractivity contribution in [3.8, 4) is 0 Å². The summed E-state index contributed by atoms with van der Waals surface area (Å²) in [4.78, 5) is 13.1. The SMILES string of the molecule is CCN(c1ccc(C=O)c(Br)c1)C1CC1. The van der Waals surface area contributed by atoms with Crippen molar-refractivity contribution < 1.29 is 4.79 Å². The first-order valence-corrected chi connectivity index (χ1v) is 6.07. The molecule has 0 spiro atoms. The molecule has 0 amide bonds. The monoisotopic (exact) mass is 267 g/mol. The van der Waals surface area contributed by atoms with Gasteiger partial charge in [-0.25, -0.2) is 0 Å². The van der Waals surface area contributed by atoms with E-state index in [1.807, 2.05) is 18.2 Å². The van der Waals surface area contributed by atoms with Gasteiger partial charge in [0.25, 0.3) is 0 Å². The highest BCUT2D eigenvalue weighted by Crippen LogP contribution is 2.33. The highest BCUT2D eigenvalue weighted by molar-refractivity contribution is 9.10. The van der Waals surface area contributed by atoms with Gasteiger partial charge < -0.3 is 4.90 Å². The smallest absolute Gasteiger partial charge is 0.151 e. The van der Waals surface area contributed by atoms with Gasteiger partial charge in [-0.15, -0.1) is 0 Å². The number of aldehydes is 1. The molecule has 2 nitrogen and oxygen atoms in total. The lowest BCUT2D eigenvalue weighted by Crippen LogP contribution is -2.24. The standard InChI is InChI=1S/C12H14BrNO/c1-2-14(10-5-6-10)11-4-3-9(8-15)12(13)7-11/h3-4,7-8,10H,2,5-6H2,1H3. The summed E-state index contributed by atoms with van der Waals surface area (Å²) in [5.41, 5.74) is 1.92. The minimum atomic E-state index is 0.712. The van der Waals surface area contributed by atoms with Gasteiger partial charge in [0.1, 0.15) is 0 Å². The molecule has 0 atom stereocenters. The van der Waals surface area contributed by atoms with E-state index < -0.39 is 0 Å². The second kappa shape index (κ2) is 4.35. The van der Waals surface area contributed by atoms with E-state index in [0.29, 0.717) is 11.6 Å². The first-order chi connectivity index (χ1) is 7.26. The molecule has 1 aliphatic rings. The Morgan fingerprint density at radius 1 is 1.53 bits per heavy atom. The summed E-state index contributed by atoms with van der Waals surface area (Å²) in [5.74, 6) is 0. The van der Waals surface area contributed by atoms with Gasteiger partial charge in [0.15, 0.2) is 6.29 Å². The lowest BCUT2D eigenvalue weighted by Gasteiger charge is -2.23. The summed E-state index contributed by atoms with van der Waals surface area (Å²) in [7, 11) is 0. The summed E-state index contributed by atoms with van der Waals surface area (Å²) in [6.45, 7) is 3.19. The van der Waals surface area contributed by atoms with Crippen LogP contribution in [0.25, 0.3) is 0 Å². The predicted molar refractivity (Wildman–Crippen MR) is 65.6 cm³/mol. The van der Waals surface area contributed by atoms with E-state index in [-0.39, 0.29) is 0 Å². The zero-order valence-electron chi connectivity index (χ0n) is 8.74. The number of carbonyl (C=O) groups is 1. The second-order valence-corrected chi connectivity index (χ2v) is 4.70. The first-order valence-electron chi connectivity index (χ1n) is 5.27. The first kappa shape index (κ1) is 10.7. The number of benzene rings is 1. The van der Waals surface area contributed by atoms with Crippen LogP contribution in [0.1, 0.15) is 30.1 Å². The van der Waals surface area contributed by atoms with Gasteiger partial charge in [-0.2, -0.15) is 0 Å². The maximum Gasteiger partial charge on any atom is 0.151 e.